The van der Waals surface area contributed by atoms with Crippen LogP contribution in [0.25, 0.3) is 0 Å². The molecule has 2 heterocycles. The highest BCUT2D eigenvalue weighted by atomic mass is 79.9. The van der Waals surface area contributed by atoms with Gasteiger partial charge in [0.05, 0.1) is 18.0 Å². The monoisotopic (exact) mass is 279 g/mol. The number of halogens is 1. The summed E-state index contributed by atoms with van der Waals surface area (Å²) in [7, 11) is 0. The van der Waals surface area contributed by atoms with E-state index in [-0.39, 0.29) is 11.9 Å². The lowest BCUT2D eigenvalue weighted by molar-refractivity contribution is 0.102. The Hall–Kier alpha value is -1.89. The van der Waals surface area contributed by atoms with Crippen LogP contribution in [0.15, 0.2) is 35.3 Å². The van der Waals surface area contributed by atoms with Gasteiger partial charge in [0.15, 0.2) is 0 Å². The Morgan fingerprint density at radius 2 is 2.19 bits per heavy atom. The smallest absolute Gasteiger partial charge is 0.259 e. The van der Waals surface area contributed by atoms with Crippen LogP contribution in [0.1, 0.15) is 10.4 Å². The summed E-state index contributed by atoms with van der Waals surface area (Å²) in [5.41, 5.74) is 0.418. The molecule has 1 amide bonds. The molecule has 0 aliphatic heterocycles. The Kier molecular flexibility index (Phi) is 3.16. The van der Waals surface area contributed by atoms with E-state index in [1.54, 1.807) is 12.3 Å². The molecule has 0 saturated carbocycles. The topological polar surface area (TPSA) is 80.7 Å². The van der Waals surface area contributed by atoms with E-state index < -0.39 is 0 Å². The number of rotatable bonds is 2. The maximum Gasteiger partial charge on any atom is 0.259 e. The van der Waals surface area contributed by atoms with Crippen LogP contribution in [0, 0.1) is 0 Å². The maximum absolute atomic E-state index is 11.7. The minimum absolute atomic E-state index is 0.160. The molecular formula is C9H6BrN5O. The summed E-state index contributed by atoms with van der Waals surface area (Å²) in [6.07, 6.45) is 5.92. The third kappa shape index (κ3) is 2.57. The fraction of sp³-hybridized carbons (Fsp3) is 0. The van der Waals surface area contributed by atoms with Gasteiger partial charge >= 0.3 is 0 Å². The van der Waals surface area contributed by atoms with Crippen molar-refractivity contribution in [2.45, 2.75) is 0 Å². The van der Waals surface area contributed by atoms with Crippen molar-refractivity contribution < 1.29 is 4.79 Å². The molecule has 2 rings (SSSR count). The zero-order valence-electron chi connectivity index (χ0n) is 7.96. The summed E-state index contributed by atoms with van der Waals surface area (Å²) in [5.74, 6) is -0.172. The quantitative estimate of drug-likeness (QED) is 0.896. The Bertz CT molecular complexity index is 504. The summed E-state index contributed by atoms with van der Waals surface area (Å²) in [4.78, 5) is 19.4. The van der Waals surface area contributed by atoms with Crippen molar-refractivity contribution in [3.8, 4) is 0 Å². The maximum atomic E-state index is 11.7. The van der Waals surface area contributed by atoms with Crippen LogP contribution in [-0.2, 0) is 0 Å². The molecule has 6 nitrogen and oxygen atoms in total. The average Bonchev–Trinajstić information content (AvgIpc) is 2.30. The number of nitrogens with zero attached hydrogens (tertiary/aromatic N) is 4. The van der Waals surface area contributed by atoms with Crippen LogP contribution in [-0.4, -0.2) is 26.1 Å². The standard InChI is InChI=1S/C9H6BrN5O/c10-7-3-6(4-11-5-7)8(16)14-9-12-1-2-13-15-9/h1-5H,(H,12,14,15,16). The minimum atomic E-state index is -0.332. The van der Waals surface area contributed by atoms with Crippen LogP contribution in [0.4, 0.5) is 5.95 Å². The average molecular weight is 280 g/mol. The lowest BCUT2D eigenvalue weighted by atomic mass is 10.3. The Labute approximate surface area is 99.3 Å². The van der Waals surface area contributed by atoms with Crippen LogP contribution in [0.3, 0.4) is 0 Å². The molecule has 0 aromatic carbocycles. The van der Waals surface area contributed by atoms with Crippen molar-refractivity contribution >= 4 is 27.8 Å². The second-order valence-electron chi connectivity index (χ2n) is 2.81. The van der Waals surface area contributed by atoms with Crippen LogP contribution < -0.4 is 5.32 Å². The van der Waals surface area contributed by atoms with E-state index in [9.17, 15) is 4.79 Å². The first-order valence-corrected chi connectivity index (χ1v) is 5.10. The first-order valence-electron chi connectivity index (χ1n) is 4.31. The van der Waals surface area contributed by atoms with Gasteiger partial charge < -0.3 is 0 Å². The predicted octanol–water partition coefficient (Wildman–Crippen LogP) is 1.28. The fourth-order valence-corrected chi connectivity index (χ4v) is 1.38. The molecule has 2 aromatic rings. The molecule has 0 radical (unpaired) electrons. The van der Waals surface area contributed by atoms with Gasteiger partial charge in [0.2, 0.25) is 5.95 Å². The number of nitrogens with one attached hydrogen (secondary N) is 1. The fourth-order valence-electron chi connectivity index (χ4n) is 1.01. The van der Waals surface area contributed by atoms with Gasteiger partial charge in [0.1, 0.15) is 0 Å². The molecule has 0 unspecified atom stereocenters. The van der Waals surface area contributed by atoms with Gasteiger partial charge in [-0.1, -0.05) is 0 Å². The van der Waals surface area contributed by atoms with Crippen LogP contribution >= 0.6 is 15.9 Å². The van der Waals surface area contributed by atoms with E-state index in [1.165, 1.54) is 18.6 Å². The molecule has 0 spiro atoms. The molecule has 0 fully saturated rings. The van der Waals surface area contributed by atoms with Gasteiger partial charge in [-0.3, -0.25) is 15.1 Å². The zero-order chi connectivity index (χ0) is 11.4. The minimum Gasteiger partial charge on any atom is -0.289 e. The highest BCUT2D eigenvalue weighted by molar-refractivity contribution is 9.10. The Balaban J connectivity index is 2.15. The van der Waals surface area contributed by atoms with Crippen molar-refractivity contribution in [2.24, 2.45) is 0 Å². The number of amides is 1. The summed E-state index contributed by atoms with van der Waals surface area (Å²) in [5, 5.41) is 9.74. The van der Waals surface area contributed by atoms with Gasteiger partial charge in [-0.25, -0.2) is 4.98 Å². The van der Waals surface area contributed by atoms with E-state index in [1.807, 2.05) is 0 Å². The number of carbonyl (C=O) groups is 1. The SMILES string of the molecule is O=C(Nc1nccnn1)c1cncc(Br)c1. The highest BCUT2D eigenvalue weighted by Crippen LogP contribution is 2.10. The molecule has 0 aliphatic carbocycles. The lowest BCUT2D eigenvalue weighted by Gasteiger charge is -2.01. The summed E-state index contributed by atoms with van der Waals surface area (Å²) < 4.78 is 0.729. The number of hydrogen-bond donors (Lipinski definition) is 1. The second-order valence-corrected chi connectivity index (χ2v) is 3.73. The molecule has 0 atom stereocenters. The third-order valence-corrected chi connectivity index (χ3v) is 2.11. The van der Waals surface area contributed by atoms with Gasteiger partial charge in [0.25, 0.3) is 5.91 Å². The third-order valence-electron chi connectivity index (χ3n) is 1.68. The van der Waals surface area contributed by atoms with Gasteiger partial charge in [-0.05, 0) is 22.0 Å². The molecule has 0 saturated heterocycles. The normalized spacial score (nSPS) is 9.81. The highest BCUT2D eigenvalue weighted by Gasteiger charge is 2.08. The molecule has 7 heteroatoms. The van der Waals surface area contributed by atoms with Crippen molar-refractivity contribution in [1.82, 2.24) is 20.2 Å². The number of aromatic nitrogens is 4. The summed E-state index contributed by atoms with van der Waals surface area (Å²) in [6.45, 7) is 0. The molecule has 80 valence electrons. The molecule has 16 heavy (non-hydrogen) atoms. The Morgan fingerprint density at radius 1 is 1.31 bits per heavy atom. The van der Waals surface area contributed by atoms with Crippen molar-refractivity contribution in [1.29, 1.82) is 0 Å². The number of pyridine rings is 1. The Morgan fingerprint density at radius 3 is 2.88 bits per heavy atom. The van der Waals surface area contributed by atoms with E-state index in [2.05, 4.69) is 41.4 Å². The van der Waals surface area contributed by atoms with Gasteiger partial charge in [-0.15, -0.1) is 5.10 Å². The predicted molar refractivity (Wildman–Crippen MR) is 59.7 cm³/mol. The van der Waals surface area contributed by atoms with Crippen molar-refractivity contribution in [3.63, 3.8) is 0 Å². The molecule has 0 aliphatic rings. The largest absolute Gasteiger partial charge is 0.289 e. The van der Waals surface area contributed by atoms with E-state index in [0.29, 0.717) is 5.56 Å². The summed E-state index contributed by atoms with van der Waals surface area (Å²) in [6, 6.07) is 1.65. The number of hydrogen-bond acceptors (Lipinski definition) is 5. The van der Waals surface area contributed by atoms with Gasteiger partial charge in [-0.2, -0.15) is 5.10 Å². The lowest BCUT2D eigenvalue weighted by Crippen LogP contribution is -2.14. The van der Waals surface area contributed by atoms with Crippen LogP contribution in [0.2, 0.25) is 0 Å². The van der Waals surface area contributed by atoms with Crippen molar-refractivity contribution in [2.75, 3.05) is 5.32 Å². The second kappa shape index (κ2) is 4.75. The molecule has 2 aromatic heterocycles. The molecule has 0 bridgehead atoms. The summed E-state index contributed by atoms with van der Waals surface area (Å²) >= 11 is 3.23. The first-order chi connectivity index (χ1) is 7.75. The van der Waals surface area contributed by atoms with Gasteiger partial charge in [0, 0.05) is 16.9 Å². The molecule has 1 N–H and O–H groups in total. The van der Waals surface area contributed by atoms with E-state index in [4.69, 9.17) is 0 Å². The van der Waals surface area contributed by atoms with E-state index >= 15 is 0 Å². The van der Waals surface area contributed by atoms with Crippen LogP contribution in [0.5, 0.6) is 0 Å². The van der Waals surface area contributed by atoms with Crippen molar-refractivity contribution in [3.05, 3.63) is 40.9 Å². The zero-order valence-corrected chi connectivity index (χ0v) is 9.55. The molecular weight excluding hydrogens is 274 g/mol. The number of anilines is 1. The van der Waals surface area contributed by atoms with E-state index in [0.717, 1.165) is 4.47 Å². The number of carbonyl (C=O) groups excluding carboxylic acids is 1. The first kappa shape index (κ1) is 10.6.